The van der Waals surface area contributed by atoms with Crippen molar-refractivity contribution in [3.63, 3.8) is 0 Å². The van der Waals surface area contributed by atoms with Gasteiger partial charge in [0.05, 0.1) is 40.6 Å². The molecule has 0 radical (unpaired) electrons. The second-order valence-electron chi connectivity index (χ2n) is 7.45. The van der Waals surface area contributed by atoms with Crippen LogP contribution in [0, 0.1) is 0 Å². The molecular weight excluding hydrogens is 499 g/mol. The molecule has 0 unspecified atom stereocenters. The van der Waals surface area contributed by atoms with E-state index in [0.29, 0.717) is 42.2 Å². The Morgan fingerprint density at radius 2 is 1.70 bits per heavy atom. The fourth-order valence-electron chi connectivity index (χ4n) is 2.64. The summed E-state index contributed by atoms with van der Waals surface area (Å²) in [5, 5.41) is 6.47. The van der Waals surface area contributed by atoms with Crippen molar-refractivity contribution in [3.05, 3.63) is 35.5 Å². The van der Waals surface area contributed by atoms with Gasteiger partial charge in [0.2, 0.25) is 11.6 Å². The van der Waals surface area contributed by atoms with Crippen LogP contribution in [0.4, 0.5) is 0 Å². The molecule has 0 aliphatic carbocycles. The van der Waals surface area contributed by atoms with Gasteiger partial charge >= 0.3 is 0 Å². The molecule has 0 saturated heterocycles. The molecule has 0 amide bonds. The molecule has 2 N–H and O–H groups in total. The zero-order valence-electron chi connectivity index (χ0n) is 18.8. The summed E-state index contributed by atoms with van der Waals surface area (Å²) in [4.78, 5) is 8.97. The van der Waals surface area contributed by atoms with Crippen molar-refractivity contribution in [2.75, 3.05) is 27.9 Å². The molecule has 0 spiro atoms. The molecule has 0 saturated carbocycles. The molecular formula is C21H33IN4O4. The van der Waals surface area contributed by atoms with E-state index < -0.39 is 0 Å². The van der Waals surface area contributed by atoms with Crippen LogP contribution >= 0.6 is 24.0 Å². The van der Waals surface area contributed by atoms with E-state index in [0.717, 1.165) is 17.9 Å². The van der Waals surface area contributed by atoms with Crippen molar-refractivity contribution in [3.8, 4) is 17.2 Å². The van der Waals surface area contributed by atoms with Crippen molar-refractivity contribution in [1.29, 1.82) is 0 Å². The van der Waals surface area contributed by atoms with Gasteiger partial charge in [-0.1, -0.05) is 20.8 Å². The molecule has 2 rings (SSSR count). The number of methoxy groups -OCH3 is 3. The summed E-state index contributed by atoms with van der Waals surface area (Å²) >= 11 is 0. The number of aliphatic imine (C=N–C) groups is 1. The molecule has 168 valence electrons. The van der Waals surface area contributed by atoms with Crippen molar-refractivity contribution in [2.24, 2.45) is 4.99 Å². The molecule has 0 aliphatic rings. The molecule has 30 heavy (non-hydrogen) atoms. The summed E-state index contributed by atoms with van der Waals surface area (Å²) in [5.41, 5.74) is 0.860. The van der Waals surface area contributed by atoms with E-state index >= 15 is 0 Å². The van der Waals surface area contributed by atoms with Gasteiger partial charge in [-0.15, -0.1) is 24.0 Å². The maximum absolute atomic E-state index is 5.82. The van der Waals surface area contributed by atoms with Gasteiger partial charge in [-0.25, -0.2) is 9.98 Å². The number of ether oxygens (including phenoxy) is 3. The molecule has 1 aromatic heterocycles. The summed E-state index contributed by atoms with van der Waals surface area (Å²) in [6, 6.07) is 3.77. The van der Waals surface area contributed by atoms with Crippen LogP contribution in [0.25, 0.3) is 0 Å². The van der Waals surface area contributed by atoms with Gasteiger partial charge in [-0.05, 0) is 24.6 Å². The number of hydrogen-bond donors (Lipinski definition) is 2. The molecule has 1 heterocycles. The third kappa shape index (κ3) is 6.96. The normalized spacial score (nSPS) is 11.5. The smallest absolute Gasteiger partial charge is 0.213 e. The summed E-state index contributed by atoms with van der Waals surface area (Å²) in [6.07, 6.45) is 1.77. The van der Waals surface area contributed by atoms with Crippen molar-refractivity contribution >= 4 is 29.9 Å². The van der Waals surface area contributed by atoms with Crippen LogP contribution < -0.4 is 24.8 Å². The van der Waals surface area contributed by atoms with Gasteiger partial charge in [-0.3, -0.25) is 0 Å². The molecule has 9 heteroatoms. The predicted octanol–water partition coefficient (Wildman–Crippen LogP) is 3.87. The predicted molar refractivity (Wildman–Crippen MR) is 128 cm³/mol. The van der Waals surface area contributed by atoms with Crippen LogP contribution in [0.3, 0.4) is 0 Å². The lowest BCUT2D eigenvalue weighted by molar-refractivity contribution is 0.324. The number of benzene rings is 1. The van der Waals surface area contributed by atoms with E-state index in [1.165, 1.54) is 0 Å². The van der Waals surface area contributed by atoms with Gasteiger partial charge in [0.25, 0.3) is 0 Å². The number of nitrogens with one attached hydrogen (secondary N) is 2. The van der Waals surface area contributed by atoms with Crippen LogP contribution in [0.2, 0.25) is 0 Å². The minimum Gasteiger partial charge on any atom is -0.493 e. The molecule has 0 bridgehead atoms. The molecule has 1 aromatic carbocycles. The summed E-state index contributed by atoms with van der Waals surface area (Å²) in [6.45, 7) is 9.90. The fraction of sp³-hybridized carbons (Fsp3) is 0.524. The quantitative estimate of drug-likeness (QED) is 0.303. The number of oxazole rings is 1. The van der Waals surface area contributed by atoms with E-state index in [9.17, 15) is 0 Å². The summed E-state index contributed by atoms with van der Waals surface area (Å²) in [7, 11) is 4.77. The second-order valence-corrected chi connectivity index (χ2v) is 7.45. The Hall–Kier alpha value is -2.17. The van der Waals surface area contributed by atoms with Gasteiger partial charge in [0.1, 0.15) is 5.76 Å². The molecule has 0 aliphatic heterocycles. The Kier molecular flexibility index (Phi) is 10.2. The van der Waals surface area contributed by atoms with Crippen molar-refractivity contribution < 1.29 is 18.6 Å². The topological polar surface area (TPSA) is 90.1 Å². The number of aromatic nitrogens is 1. The first-order chi connectivity index (χ1) is 13.8. The van der Waals surface area contributed by atoms with Gasteiger partial charge < -0.3 is 29.3 Å². The van der Waals surface area contributed by atoms with E-state index in [-0.39, 0.29) is 29.4 Å². The third-order valence-electron chi connectivity index (χ3n) is 4.19. The first kappa shape index (κ1) is 25.9. The van der Waals surface area contributed by atoms with Crippen LogP contribution in [-0.2, 0) is 18.5 Å². The van der Waals surface area contributed by atoms with Crippen LogP contribution in [0.1, 0.15) is 44.9 Å². The van der Waals surface area contributed by atoms with Crippen molar-refractivity contribution in [1.82, 2.24) is 15.6 Å². The van der Waals surface area contributed by atoms with E-state index in [4.69, 9.17) is 18.6 Å². The fourth-order valence-corrected chi connectivity index (χ4v) is 2.64. The molecule has 0 atom stereocenters. The van der Waals surface area contributed by atoms with Crippen LogP contribution in [0.15, 0.2) is 27.7 Å². The number of hydrogen-bond acceptors (Lipinski definition) is 6. The van der Waals surface area contributed by atoms with Crippen LogP contribution in [-0.4, -0.2) is 38.8 Å². The highest BCUT2D eigenvalue weighted by Crippen LogP contribution is 2.38. The van der Waals surface area contributed by atoms with Crippen molar-refractivity contribution in [2.45, 2.75) is 46.2 Å². The zero-order chi connectivity index (χ0) is 21.4. The summed E-state index contributed by atoms with van der Waals surface area (Å²) < 4.78 is 22.0. The van der Waals surface area contributed by atoms with Crippen LogP contribution in [0.5, 0.6) is 17.2 Å². The number of nitrogens with zero attached hydrogens (tertiary/aromatic N) is 2. The lowest BCUT2D eigenvalue weighted by atomic mass is 9.94. The van der Waals surface area contributed by atoms with E-state index in [2.05, 4.69) is 41.4 Å². The number of rotatable bonds is 8. The highest BCUT2D eigenvalue weighted by molar-refractivity contribution is 14.0. The van der Waals surface area contributed by atoms with Gasteiger partial charge in [0.15, 0.2) is 17.5 Å². The lowest BCUT2D eigenvalue weighted by Crippen LogP contribution is -2.36. The second kappa shape index (κ2) is 11.9. The Morgan fingerprint density at radius 1 is 1.07 bits per heavy atom. The third-order valence-corrected chi connectivity index (χ3v) is 4.19. The monoisotopic (exact) mass is 532 g/mol. The zero-order valence-corrected chi connectivity index (χ0v) is 21.1. The standard InChI is InChI=1S/C21H32N4O4.HI/c1-8-22-20(25-13-18-23-12-17(29-18)21(2,3)4)24-11-14-9-15(26-5)19(28-7)16(10-14)27-6;/h9-10,12H,8,11,13H2,1-7H3,(H2,22,24,25);1H. The highest BCUT2D eigenvalue weighted by atomic mass is 127. The Labute approximate surface area is 195 Å². The number of halogens is 1. The average Bonchev–Trinajstić information content (AvgIpc) is 3.18. The van der Waals surface area contributed by atoms with Gasteiger partial charge in [-0.2, -0.15) is 0 Å². The largest absolute Gasteiger partial charge is 0.493 e. The maximum Gasteiger partial charge on any atom is 0.213 e. The molecule has 2 aromatic rings. The first-order valence-electron chi connectivity index (χ1n) is 9.58. The Morgan fingerprint density at radius 3 is 2.17 bits per heavy atom. The molecule has 8 nitrogen and oxygen atoms in total. The maximum atomic E-state index is 5.82. The Bertz CT molecular complexity index is 806. The first-order valence-corrected chi connectivity index (χ1v) is 9.58. The highest BCUT2D eigenvalue weighted by Gasteiger charge is 2.19. The van der Waals surface area contributed by atoms with Gasteiger partial charge in [0, 0.05) is 12.0 Å². The molecule has 0 fully saturated rings. The van der Waals surface area contributed by atoms with E-state index in [1.54, 1.807) is 27.5 Å². The summed E-state index contributed by atoms with van der Waals surface area (Å²) in [5.74, 6) is 3.90. The Balaban J connectivity index is 0.00000450. The lowest BCUT2D eigenvalue weighted by Gasteiger charge is -2.14. The van der Waals surface area contributed by atoms with E-state index in [1.807, 2.05) is 19.1 Å². The SMILES string of the molecule is CCNC(=NCc1cc(OC)c(OC)c(OC)c1)NCc1ncc(C(C)(C)C)o1.I. The minimum atomic E-state index is -0.0731. The number of guanidine groups is 1. The average molecular weight is 532 g/mol. The minimum absolute atomic E-state index is 0.